The maximum atomic E-state index is 13.3. The molecule has 43 heavy (non-hydrogen) atoms. The van der Waals surface area contributed by atoms with Gasteiger partial charge in [-0.25, -0.2) is 15.0 Å². The standard InChI is InChI=1S/C30H30F3N7O3/c1-17-4-5-20(16-40(17)29(42)22-3-2-14-43-22)27-38-24(25-26(34)36-12-13-39(25)27)18-6-8-19(9-7-18)28(41)37-23-15-21(10-11-35-23)30(31,32)33/h6-13,15,17,20,22H,2-5,14,16H2,1H3,(H2,34,36)(H,35,37,41)/t17-,20-,22?/m0/s1. The van der Waals surface area contributed by atoms with E-state index >= 15 is 0 Å². The monoisotopic (exact) mass is 593 g/mol. The molecule has 0 saturated carbocycles. The van der Waals surface area contributed by atoms with Gasteiger partial charge in [0.25, 0.3) is 11.8 Å². The van der Waals surface area contributed by atoms with Crippen LogP contribution in [0.2, 0.25) is 0 Å². The Balaban J connectivity index is 1.26. The summed E-state index contributed by atoms with van der Waals surface area (Å²) in [5, 5.41) is 2.41. The maximum Gasteiger partial charge on any atom is 0.416 e. The van der Waals surface area contributed by atoms with Gasteiger partial charge in [0.05, 0.1) is 5.56 Å². The SMILES string of the molecule is C[C@H]1CC[C@H](c2nc(-c3ccc(C(=O)Nc4cc(C(F)(F)F)ccn4)cc3)c3c(N)nccn23)CN1C(=O)C1CCCO1. The summed E-state index contributed by atoms with van der Waals surface area (Å²) in [6.07, 6.45) is 2.71. The fraction of sp³-hybridized carbons (Fsp3) is 0.367. The number of ether oxygens (including phenoxy) is 1. The predicted molar refractivity (Wildman–Crippen MR) is 152 cm³/mol. The van der Waals surface area contributed by atoms with E-state index in [0.717, 1.165) is 49.8 Å². The molecule has 6 rings (SSSR count). The van der Waals surface area contributed by atoms with Crippen molar-refractivity contribution in [2.24, 2.45) is 0 Å². The first-order chi connectivity index (χ1) is 20.6. The highest BCUT2D eigenvalue weighted by molar-refractivity contribution is 6.04. The Labute approximate surface area is 245 Å². The molecule has 3 N–H and O–H groups in total. The van der Waals surface area contributed by atoms with Crippen LogP contribution in [0, 0.1) is 0 Å². The Morgan fingerprint density at radius 3 is 2.58 bits per heavy atom. The van der Waals surface area contributed by atoms with Gasteiger partial charge in [-0.2, -0.15) is 13.2 Å². The summed E-state index contributed by atoms with van der Waals surface area (Å²) in [7, 11) is 0. The first kappa shape index (κ1) is 28.6. The molecule has 224 valence electrons. The Morgan fingerprint density at radius 2 is 1.86 bits per heavy atom. The van der Waals surface area contributed by atoms with Gasteiger partial charge >= 0.3 is 6.18 Å². The van der Waals surface area contributed by atoms with Crippen molar-refractivity contribution in [1.82, 2.24) is 24.3 Å². The number of aromatic nitrogens is 4. The molecule has 10 nitrogen and oxygen atoms in total. The zero-order chi connectivity index (χ0) is 30.3. The number of nitrogens with zero attached hydrogens (tertiary/aromatic N) is 5. The van der Waals surface area contributed by atoms with Crippen LogP contribution in [0.25, 0.3) is 16.8 Å². The fourth-order valence-corrected chi connectivity index (χ4v) is 5.80. The van der Waals surface area contributed by atoms with Crippen LogP contribution in [-0.4, -0.2) is 61.4 Å². The lowest BCUT2D eigenvalue weighted by Crippen LogP contribution is -2.49. The summed E-state index contributed by atoms with van der Waals surface area (Å²) in [6, 6.07) is 8.21. The molecule has 1 aromatic carbocycles. The van der Waals surface area contributed by atoms with E-state index in [2.05, 4.69) is 22.2 Å². The van der Waals surface area contributed by atoms with Crippen LogP contribution in [0.5, 0.6) is 0 Å². The first-order valence-electron chi connectivity index (χ1n) is 14.1. The van der Waals surface area contributed by atoms with Crippen molar-refractivity contribution in [3.63, 3.8) is 0 Å². The van der Waals surface area contributed by atoms with Crippen molar-refractivity contribution >= 4 is 29.0 Å². The van der Waals surface area contributed by atoms with Crippen LogP contribution in [0.4, 0.5) is 24.8 Å². The van der Waals surface area contributed by atoms with E-state index in [1.54, 1.807) is 36.7 Å². The average molecular weight is 594 g/mol. The van der Waals surface area contributed by atoms with E-state index in [0.29, 0.717) is 29.9 Å². The zero-order valence-electron chi connectivity index (χ0n) is 23.3. The van der Waals surface area contributed by atoms with Gasteiger partial charge in [0, 0.05) is 54.8 Å². The number of rotatable bonds is 5. The molecular weight excluding hydrogens is 563 g/mol. The number of nitrogens with two attached hydrogens (primary N) is 1. The number of fused-ring (bicyclic) bond motifs is 1. The summed E-state index contributed by atoms with van der Waals surface area (Å²) in [6.45, 7) is 3.16. The molecule has 4 aromatic rings. The molecule has 2 fully saturated rings. The Hall–Kier alpha value is -4.52. The Morgan fingerprint density at radius 1 is 1.07 bits per heavy atom. The number of nitrogens with one attached hydrogen (secondary N) is 1. The number of amides is 2. The summed E-state index contributed by atoms with van der Waals surface area (Å²) in [5.41, 5.74) is 7.49. The number of alkyl halides is 3. The number of hydrogen-bond acceptors (Lipinski definition) is 7. The minimum Gasteiger partial charge on any atom is -0.382 e. The van der Waals surface area contributed by atoms with Crippen LogP contribution in [0.3, 0.4) is 0 Å². The second kappa shape index (κ2) is 11.3. The quantitative estimate of drug-likeness (QED) is 0.336. The van der Waals surface area contributed by atoms with Crippen molar-refractivity contribution in [2.75, 3.05) is 24.2 Å². The number of hydrogen-bond donors (Lipinski definition) is 2. The number of halogens is 3. The van der Waals surface area contributed by atoms with Crippen LogP contribution >= 0.6 is 0 Å². The van der Waals surface area contributed by atoms with E-state index < -0.39 is 23.8 Å². The van der Waals surface area contributed by atoms with Crippen molar-refractivity contribution < 1.29 is 27.5 Å². The average Bonchev–Trinajstić information content (AvgIpc) is 3.67. The second-order valence-electron chi connectivity index (χ2n) is 10.9. The molecular formula is C30H30F3N7O3. The van der Waals surface area contributed by atoms with Gasteiger partial charge in [-0.05, 0) is 56.9 Å². The number of carbonyl (C=O) groups excluding carboxylic acids is 2. The van der Waals surface area contributed by atoms with Gasteiger partial charge in [0.15, 0.2) is 0 Å². The number of carbonyl (C=O) groups is 2. The molecule has 3 atom stereocenters. The van der Waals surface area contributed by atoms with E-state index in [4.69, 9.17) is 15.5 Å². The number of nitrogen functional groups attached to an aromatic ring is 1. The topological polar surface area (TPSA) is 128 Å². The lowest BCUT2D eigenvalue weighted by Gasteiger charge is -2.38. The molecule has 0 aliphatic carbocycles. The molecule has 2 aliphatic rings. The Bertz CT molecular complexity index is 1670. The minimum absolute atomic E-state index is 0.0196. The predicted octanol–water partition coefficient (Wildman–Crippen LogP) is 4.92. The fourth-order valence-electron chi connectivity index (χ4n) is 5.80. The largest absolute Gasteiger partial charge is 0.416 e. The van der Waals surface area contributed by atoms with Crippen LogP contribution < -0.4 is 11.1 Å². The molecule has 3 aromatic heterocycles. The third kappa shape index (κ3) is 5.64. The lowest BCUT2D eigenvalue weighted by molar-refractivity contribution is -0.144. The molecule has 2 amide bonds. The third-order valence-electron chi connectivity index (χ3n) is 8.10. The van der Waals surface area contributed by atoms with Crippen molar-refractivity contribution in [2.45, 2.75) is 56.8 Å². The zero-order valence-corrected chi connectivity index (χ0v) is 23.3. The maximum absolute atomic E-state index is 13.3. The minimum atomic E-state index is -4.55. The third-order valence-corrected chi connectivity index (χ3v) is 8.10. The molecule has 0 bridgehead atoms. The highest BCUT2D eigenvalue weighted by atomic mass is 19.4. The van der Waals surface area contributed by atoms with Gasteiger partial charge in [-0.15, -0.1) is 0 Å². The van der Waals surface area contributed by atoms with Crippen molar-refractivity contribution in [1.29, 1.82) is 0 Å². The van der Waals surface area contributed by atoms with Crippen molar-refractivity contribution in [3.05, 3.63) is 71.9 Å². The smallest absolute Gasteiger partial charge is 0.382 e. The van der Waals surface area contributed by atoms with Crippen LogP contribution in [-0.2, 0) is 15.7 Å². The molecule has 0 spiro atoms. The number of piperidine rings is 1. The summed E-state index contributed by atoms with van der Waals surface area (Å²) in [4.78, 5) is 41.0. The van der Waals surface area contributed by atoms with E-state index in [1.165, 1.54) is 0 Å². The molecule has 2 saturated heterocycles. The van der Waals surface area contributed by atoms with Crippen LogP contribution in [0.15, 0.2) is 55.0 Å². The summed E-state index contributed by atoms with van der Waals surface area (Å²) < 4.78 is 46.7. The van der Waals surface area contributed by atoms with Crippen LogP contribution in [0.1, 0.15) is 60.3 Å². The number of imidazole rings is 1. The van der Waals surface area contributed by atoms with Gasteiger partial charge in [0.2, 0.25) is 0 Å². The van der Waals surface area contributed by atoms with E-state index in [-0.39, 0.29) is 35.1 Å². The number of pyridine rings is 1. The molecule has 5 heterocycles. The summed E-state index contributed by atoms with van der Waals surface area (Å²) >= 11 is 0. The first-order valence-corrected chi connectivity index (χ1v) is 14.1. The molecule has 13 heteroatoms. The Kier molecular flexibility index (Phi) is 7.50. The lowest BCUT2D eigenvalue weighted by atomic mass is 9.92. The highest BCUT2D eigenvalue weighted by Gasteiger charge is 2.37. The van der Waals surface area contributed by atoms with Gasteiger partial charge in [-0.1, -0.05) is 12.1 Å². The highest BCUT2D eigenvalue weighted by Crippen LogP contribution is 2.36. The van der Waals surface area contributed by atoms with Crippen molar-refractivity contribution in [3.8, 4) is 11.3 Å². The normalized spacial score (nSPS) is 20.8. The number of benzene rings is 1. The van der Waals surface area contributed by atoms with Gasteiger partial charge in [-0.3, -0.25) is 14.0 Å². The number of anilines is 2. The van der Waals surface area contributed by atoms with E-state index in [9.17, 15) is 22.8 Å². The second-order valence-corrected chi connectivity index (χ2v) is 10.9. The summed E-state index contributed by atoms with van der Waals surface area (Å²) in [5.74, 6) is 0.197. The molecule has 1 unspecified atom stereocenters. The van der Waals surface area contributed by atoms with Gasteiger partial charge < -0.3 is 20.7 Å². The molecule has 2 aliphatic heterocycles. The van der Waals surface area contributed by atoms with Gasteiger partial charge in [0.1, 0.15) is 34.8 Å². The number of likely N-dealkylation sites (tertiary alicyclic amines) is 1. The van der Waals surface area contributed by atoms with E-state index in [1.807, 2.05) is 9.30 Å². The molecule has 0 radical (unpaired) electrons.